The molecule has 1 saturated heterocycles. The van der Waals surface area contributed by atoms with E-state index in [2.05, 4.69) is 38.4 Å². The van der Waals surface area contributed by atoms with Crippen LogP contribution in [0.25, 0.3) is 0 Å². The number of para-hydroxylation sites is 1. The molecule has 6 nitrogen and oxygen atoms in total. The molecule has 1 aromatic heterocycles. The predicted molar refractivity (Wildman–Crippen MR) is 110 cm³/mol. The maximum absolute atomic E-state index is 12.4. The summed E-state index contributed by atoms with van der Waals surface area (Å²) in [6.07, 6.45) is 2.35. The summed E-state index contributed by atoms with van der Waals surface area (Å²) < 4.78 is 0. The number of carbonyl (C=O) groups is 1. The lowest BCUT2D eigenvalue weighted by atomic mass is 10.1. The van der Waals surface area contributed by atoms with Gasteiger partial charge in [-0.2, -0.15) is 0 Å². The highest BCUT2D eigenvalue weighted by atomic mass is 16.1. The van der Waals surface area contributed by atoms with E-state index in [4.69, 9.17) is 0 Å². The highest BCUT2D eigenvalue weighted by Gasteiger charge is 2.18. The van der Waals surface area contributed by atoms with Gasteiger partial charge in [-0.15, -0.1) is 0 Å². The number of nitrogens with zero attached hydrogens (tertiary/aromatic N) is 3. The molecule has 1 aliphatic heterocycles. The number of hydrogen-bond donors (Lipinski definition) is 2. The molecule has 3 rings (SSSR count). The second-order valence-electron chi connectivity index (χ2n) is 6.75. The zero-order valence-corrected chi connectivity index (χ0v) is 16.0. The van der Waals surface area contributed by atoms with Crippen LogP contribution in [0.2, 0.25) is 0 Å². The fraction of sp³-hybridized carbons (Fsp3) is 0.429. The van der Waals surface area contributed by atoms with E-state index in [1.165, 1.54) is 0 Å². The van der Waals surface area contributed by atoms with Gasteiger partial charge in [0, 0.05) is 57.6 Å². The Morgan fingerprint density at radius 2 is 1.85 bits per heavy atom. The Bertz CT molecular complexity index is 714. The highest BCUT2D eigenvalue weighted by molar-refractivity contribution is 5.91. The summed E-state index contributed by atoms with van der Waals surface area (Å²) in [4.78, 5) is 21.5. The highest BCUT2D eigenvalue weighted by Crippen LogP contribution is 2.16. The number of amides is 1. The number of carbonyl (C=O) groups excluding carboxylic acids is 1. The molecule has 0 atom stereocenters. The van der Waals surface area contributed by atoms with Crippen molar-refractivity contribution in [3.63, 3.8) is 0 Å². The van der Waals surface area contributed by atoms with Crippen LogP contribution < -0.4 is 15.5 Å². The Hall–Kier alpha value is -2.44. The number of nitrogens with one attached hydrogen (secondary N) is 2. The number of aromatic nitrogens is 1. The topological polar surface area (TPSA) is 60.5 Å². The minimum absolute atomic E-state index is 0.0751. The van der Waals surface area contributed by atoms with E-state index in [-0.39, 0.29) is 5.91 Å². The summed E-state index contributed by atoms with van der Waals surface area (Å²) >= 11 is 0. The Labute approximate surface area is 161 Å². The van der Waals surface area contributed by atoms with Gasteiger partial charge in [-0.05, 0) is 30.3 Å². The second kappa shape index (κ2) is 10.0. The molecule has 1 aliphatic rings. The van der Waals surface area contributed by atoms with E-state index in [1.807, 2.05) is 42.6 Å². The third kappa shape index (κ3) is 5.77. The molecule has 1 fully saturated rings. The summed E-state index contributed by atoms with van der Waals surface area (Å²) in [7, 11) is 0. The van der Waals surface area contributed by atoms with Gasteiger partial charge in [-0.25, -0.2) is 4.98 Å². The molecule has 2 heterocycles. The van der Waals surface area contributed by atoms with Crippen molar-refractivity contribution in [2.24, 2.45) is 0 Å². The molecule has 0 spiro atoms. The molecule has 0 radical (unpaired) electrons. The molecule has 2 aromatic rings. The first-order valence-corrected chi connectivity index (χ1v) is 9.73. The van der Waals surface area contributed by atoms with Crippen molar-refractivity contribution in [2.75, 3.05) is 49.5 Å². The first-order valence-electron chi connectivity index (χ1n) is 9.73. The van der Waals surface area contributed by atoms with Crippen molar-refractivity contribution in [1.82, 2.24) is 15.2 Å². The van der Waals surface area contributed by atoms with Gasteiger partial charge in [0.1, 0.15) is 5.82 Å². The molecule has 0 saturated carbocycles. The zero-order chi connectivity index (χ0) is 18.9. The monoisotopic (exact) mass is 367 g/mol. The van der Waals surface area contributed by atoms with Gasteiger partial charge in [-0.3, -0.25) is 9.69 Å². The molecule has 27 heavy (non-hydrogen) atoms. The third-order valence-corrected chi connectivity index (χ3v) is 4.86. The lowest BCUT2D eigenvalue weighted by Crippen LogP contribution is -2.47. The zero-order valence-electron chi connectivity index (χ0n) is 16.0. The summed E-state index contributed by atoms with van der Waals surface area (Å²) in [6.45, 7) is 8.36. The average Bonchev–Trinajstić information content (AvgIpc) is 2.73. The van der Waals surface area contributed by atoms with Crippen molar-refractivity contribution < 1.29 is 4.79 Å². The Balaban J connectivity index is 1.43. The maximum atomic E-state index is 12.4. The molecule has 2 N–H and O–H groups in total. The molecular weight excluding hydrogens is 338 g/mol. The van der Waals surface area contributed by atoms with E-state index < -0.39 is 0 Å². The first kappa shape index (κ1) is 19.3. The van der Waals surface area contributed by atoms with Gasteiger partial charge in [0.05, 0.1) is 0 Å². The molecule has 0 unspecified atom stereocenters. The van der Waals surface area contributed by atoms with E-state index in [0.717, 1.165) is 62.9 Å². The van der Waals surface area contributed by atoms with Crippen LogP contribution in [0.15, 0.2) is 48.7 Å². The van der Waals surface area contributed by atoms with Gasteiger partial charge >= 0.3 is 0 Å². The van der Waals surface area contributed by atoms with Crippen LogP contribution in [0.3, 0.4) is 0 Å². The lowest BCUT2D eigenvalue weighted by Gasteiger charge is -2.35. The predicted octanol–water partition coefficient (Wildman–Crippen LogP) is 2.34. The van der Waals surface area contributed by atoms with Crippen molar-refractivity contribution in [3.8, 4) is 0 Å². The summed E-state index contributed by atoms with van der Waals surface area (Å²) in [5.41, 5.74) is 2.03. The number of hydrogen-bond acceptors (Lipinski definition) is 5. The van der Waals surface area contributed by atoms with Crippen LogP contribution >= 0.6 is 0 Å². The van der Waals surface area contributed by atoms with E-state index in [0.29, 0.717) is 6.42 Å². The average molecular weight is 367 g/mol. The summed E-state index contributed by atoms with van der Waals surface area (Å²) in [6, 6.07) is 14.0. The molecular formula is C21H29N5O. The van der Waals surface area contributed by atoms with E-state index in [9.17, 15) is 4.79 Å². The number of pyridine rings is 1. The molecule has 0 bridgehead atoms. The van der Waals surface area contributed by atoms with E-state index in [1.54, 1.807) is 0 Å². The van der Waals surface area contributed by atoms with Gasteiger partial charge in [0.25, 0.3) is 0 Å². The largest absolute Gasteiger partial charge is 0.354 e. The van der Waals surface area contributed by atoms with Crippen LogP contribution in [-0.4, -0.2) is 55.1 Å². The molecule has 144 valence electrons. The Kier molecular flexibility index (Phi) is 7.19. The fourth-order valence-corrected chi connectivity index (χ4v) is 3.27. The van der Waals surface area contributed by atoms with Crippen molar-refractivity contribution in [3.05, 3.63) is 54.2 Å². The first-order chi connectivity index (χ1) is 13.3. The van der Waals surface area contributed by atoms with Gasteiger partial charge < -0.3 is 15.5 Å². The van der Waals surface area contributed by atoms with Crippen molar-refractivity contribution >= 4 is 17.4 Å². The SMILES string of the molecule is CCNCc1ccccc1NC(=O)CCN1CCN(c2ccccn2)CC1. The van der Waals surface area contributed by atoms with Crippen LogP contribution in [-0.2, 0) is 11.3 Å². The van der Waals surface area contributed by atoms with Crippen LogP contribution in [0.1, 0.15) is 18.9 Å². The Morgan fingerprint density at radius 1 is 1.07 bits per heavy atom. The number of anilines is 2. The van der Waals surface area contributed by atoms with Gasteiger partial charge in [0.15, 0.2) is 0 Å². The molecule has 6 heteroatoms. The maximum Gasteiger partial charge on any atom is 0.225 e. The standard InChI is InChI=1S/C21H29N5O/c1-2-22-17-18-7-3-4-8-19(18)24-21(27)10-12-25-13-15-26(16-14-25)20-9-5-6-11-23-20/h3-9,11,22H,2,10,12-17H2,1H3,(H,24,27). The van der Waals surface area contributed by atoms with Crippen molar-refractivity contribution in [2.45, 2.75) is 19.9 Å². The minimum atomic E-state index is 0.0751. The van der Waals surface area contributed by atoms with E-state index >= 15 is 0 Å². The summed E-state index contributed by atoms with van der Waals surface area (Å²) in [5.74, 6) is 1.11. The molecule has 1 aromatic carbocycles. The third-order valence-electron chi connectivity index (χ3n) is 4.86. The normalized spacial score (nSPS) is 14.9. The Morgan fingerprint density at radius 3 is 2.59 bits per heavy atom. The molecule has 1 amide bonds. The van der Waals surface area contributed by atoms with Crippen LogP contribution in [0.5, 0.6) is 0 Å². The van der Waals surface area contributed by atoms with Crippen LogP contribution in [0.4, 0.5) is 11.5 Å². The quantitative estimate of drug-likeness (QED) is 0.750. The lowest BCUT2D eigenvalue weighted by molar-refractivity contribution is -0.116. The second-order valence-corrected chi connectivity index (χ2v) is 6.75. The summed E-state index contributed by atoms with van der Waals surface area (Å²) in [5, 5.41) is 6.38. The number of rotatable bonds is 8. The van der Waals surface area contributed by atoms with Gasteiger partial charge in [0.2, 0.25) is 5.91 Å². The minimum Gasteiger partial charge on any atom is -0.354 e. The van der Waals surface area contributed by atoms with Gasteiger partial charge in [-0.1, -0.05) is 31.2 Å². The number of benzene rings is 1. The number of piperazine rings is 1. The van der Waals surface area contributed by atoms with Crippen LogP contribution in [0, 0.1) is 0 Å². The molecule has 0 aliphatic carbocycles. The smallest absolute Gasteiger partial charge is 0.225 e. The van der Waals surface area contributed by atoms with Crippen molar-refractivity contribution in [1.29, 1.82) is 0 Å². The fourth-order valence-electron chi connectivity index (χ4n) is 3.27.